The predicted octanol–water partition coefficient (Wildman–Crippen LogP) is 5.51. The van der Waals surface area contributed by atoms with E-state index in [0.29, 0.717) is 73.3 Å². The van der Waals surface area contributed by atoms with Crippen LogP contribution < -0.4 is 5.32 Å². The molecule has 2 aliphatic rings. The normalized spacial score (nSPS) is 18.5. The average molecular weight is 769 g/mol. The van der Waals surface area contributed by atoms with Crippen LogP contribution in [0.3, 0.4) is 0 Å². The van der Waals surface area contributed by atoms with Gasteiger partial charge in [0, 0.05) is 76.0 Å². The van der Waals surface area contributed by atoms with E-state index in [9.17, 15) is 24.6 Å². The van der Waals surface area contributed by atoms with Gasteiger partial charge in [-0.3, -0.25) is 24.5 Å². The number of benzene rings is 1. The molecule has 0 radical (unpaired) electrons. The van der Waals surface area contributed by atoms with Crippen LogP contribution in [0.2, 0.25) is 0 Å². The molecule has 1 fully saturated rings. The molecule has 13 nitrogen and oxygen atoms in total. The molecule has 0 aliphatic carbocycles. The first kappa shape index (κ1) is 41.7. The predicted molar refractivity (Wildman–Crippen MR) is 204 cm³/mol. The van der Waals surface area contributed by atoms with Crippen molar-refractivity contribution in [1.29, 1.82) is 0 Å². The number of hydrogen-bond acceptors (Lipinski definition) is 9. The van der Waals surface area contributed by atoms with Gasteiger partial charge in [-0.15, -0.1) is 0 Å². The van der Waals surface area contributed by atoms with E-state index in [1.807, 2.05) is 47.6 Å². The molecule has 0 unspecified atom stereocenters. The van der Waals surface area contributed by atoms with Gasteiger partial charge in [-0.2, -0.15) is 0 Å². The molecule has 15 heteroatoms. The standard InChI is InChI=1S/C40H54F2N6O7/c1-8-47-32-16-15-26(20-29(32)30(21-40(41,42)24-49)35(47)28-13-9-17-43-34(28)25(2)54-7)27-12-10-18-46(22-27)23-31(44-38(53)55-39(3,4)5)36(50)48-19-11-14-33(37(51)52)45(48)6/h9,12-13,15-17,20,25,31,33,49H,8,10-11,14,18-19,21-24H2,1-7H3,(H,44,53)(H,51,52)/t25-,31-,33-/m0/s1. The zero-order chi connectivity index (χ0) is 40.2. The summed E-state index contributed by atoms with van der Waals surface area (Å²) in [6.45, 7) is 9.54. The number of hydrazine groups is 1. The summed E-state index contributed by atoms with van der Waals surface area (Å²) in [7, 11) is 3.13. The maximum absolute atomic E-state index is 15.2. The largest absolute Gasteiger partial charge is 0.480 e. The molecule has 4 heterocycles. The first-order chi connectivity index (χ1) is 26.0. The van der Waals surface area contributed by atoms with Crippen LogP contribution in [0.15, 0.2) is 42.6 Å². The molecule has 0 saturated carbocycles. The van der Waals surface area contributed by atoms with Gasteiger partial charge in [0.05, 0.1) is 17.5 Å². The molecule has 1 aromatic carbocycles. The Morgan fingerprint density at radius 3 is 2.55 bits per heavy atom. The number of carbonyl (C=O) groups is 3. The molecule has 55 heavy (non-hydrogen) atoms. The second kappa shape index (κ2) is 17.1. The third-order valence-electron chi connectivity index (χ3n) is 10.2. The van der Waals surface area contributed by atoms with Gasteiger partial charge >= 0.3 is 12.1 Å². The van der Waals surface area contributed by atoms with Crippen LogP contribution in [-0.4, -0.2) is 123 Å². The lowest BCUT2D eigenvalue weighted by molar-refractivity contribution is -0.169. The number of nitrogens with zero attached hydrogens (tertiary/aromatic N) is 5. The number of aliphatic hydroxyl groups is 1. The fraction of sp³-hybridized carbons (Fsp3) is 0.550. The summed E-state index contributed by atoms with van der Waals surface area (Å²) >= 11 is 0. The molecule has 300 valence electrons. The highest BCUT2D eigenvalue weighted by Crippen LogP contribution is 2.41. The maximum Gasteiger partial charge on any atom is 0.408 e. The van der Waals surface area contributed by atoms with Crippen LogP contribution in [0.25, 0.3) is 27.7 Å². The summed E-state index contributed by atoms with van der Waals surface area (Å²) in [6.07, 6.45) is 3.37. The van der Waals surface area contributed by atoms with Crippen molar-refractivity contribution in [2.45, 2.75) is 96.6 Å². The number of aliphatic hydroxyl groups excluding tert-OH is 1. The Morgan fingerprint density at radius 2 is 1.89 bits per heavy atom. The van der Waals surface area contributed by atoms with Crippen LogP contribution in [0, 0.1) is 0 Å². The zero-order valence-corrected chi connectivity index (χ0v) is 32.8. The molecule has 1 saturated heterocycles. The molecule has 0 bridgehead atoms. The number of ether oxygens (including phenoxy) is 2. The summed E-state index contributed by atoms with van der Waals surface area (Å²) in [5.74, 6) is -4.87. The van der Waals surface area contributed by atoms with E-state index in [1.54, 1.807) is 47.2 Å². The molecule has 2 aromatic heterocycles. The first-order valence-corrected chi connectivity index (χ1v) is 18.8. The second-order valence-electron chi connectivity index (χ2n) is 15.3. The monoisotopic (exact) mass is 768 g/mol. The lowest BCUT2D eigenvalue weighted by Gasteiger charge is -2.42. The minimum Gasteiger partial charge on any atom is -0.480 e. The Hall–Kier alpha value is -4.44. The number of carboxylic acids is 1. The van der Waals surface area contributed by atoms with Gasteiger partial charge in [0.15, 0.2) is 0 Å². The number of hydrogen-bond donors (Lipinski definition) is 3. The highest BCUT2D eigenvalue weighted by molar-refractivity contribution is 5.95. The Bertz CT molecular complexity index is 1910. The number of pyridine rings is 1. The lowest BCUT2D eigenvalue weighted by atomic mass is 9.95. The number of carboxylic acid groups (broad SMARTS) is 1. The number of amides is 2. The summed E-state index contributed by atoms with van der Waals surface area (Å²) in [5, 5.41) is 25.6. The molecule has 5 rings (SSSR count). The number of halogens is 2. The van der Waals surface area contributed by atoms with Crippen molar-refractivity contribution < 1.29 is 42.9 Å². The molecule has 3 atom stereocenters. The number of nitrogens with one attached hydrogen (secondary N) is 1. The summed E-state index contributed by atoms with van der Waals surface area (Å²) in [6, 6.07) is 7.49. The van der Waals surface area contributed by atoms with Crippen molar-refractivity contribution in [1.82, 2.24) is 29.8 Å². The van der Waals surface area contributed by atoms with Crippen molar-refractivity contribution >= 4 is 34.4 Å². The Balaban J connectivity index is 1.50. The Kier molecular flexibility index (Phi) is 13.0. The van der Waals surface area contributed by atoms with E-state index < -0.39 is 60.7 Å². The lowest BCUT2D eigenvalue weighted by Crippen LogP contribution is -2.62. The van der Waals surface area contributed by atoms with Crippen LogP contribution in [-0.2, 0) is 32.0 Å². The van der Waals surface area contributed by atoms with E-state index in [4.69, 9.17) is 9.47 Å². The number of alkyl halides is 2. The number of alkyl carbamates (subject to hydrolysis) is 1. The van der Waals surface area contributed by atoms with Gasteiger partial charge in [-0.1, -0.05) is 12.1 Å². The molecule has 3 N–H and O–H groups in total. The van der Waals surface area contributed by atoms with Crippen molar-refractivity contribution in [3.8, 4) is 11.3 Å². The van der Waals surface area contributed by atoms with E-state index in [0.717, 1.165) is 16.7 Å². The highest BCUT2D eigenvalue weighted by atomic mass is 19.3. The van der Waals surface area contributed by atoms with Crippen LogP contribution in [0.5, 0.6) is 0 Å². The maximum atomic E-state index is 15.2. The van der Waals surface area contributed by atoms with Gasteiger partial charge in [0.1, 0.15) is 24.3 Å². The van der Waals surface area contributed by atoms with Crippen molar-refractivity contribution in [2.24, 2.45) is 0 Å². The molecule has 0 spiro atoms. The third kappa shape index (κ3) is 9.51. The number of aliphatic carboxylic acids is 1. The number of carbonyl (C=O) groups excluding carboxylic acids is 2. The van der Waals surface area contributed by atoms with E-state index in [1.165, 1.54) is 10.0 Å². The van der Waals surface area contributed by atoms with Gasteiger partial charge in [0.25, 0.3) is 11.8 Å². The molecular weight excluding hydrogens is 714 g/mol. The zero-order valence-electron chi connectivity index (χ0n) is 32.8. The quantitative estimate of drug-likeness (QED) is 0.203. The fourth-order valence-corrected chi connectivity index (χ4v) is 7.55. The molecule has 2 aliphatic heterocycles. The molecule has 2 amide bonds. The van der Waals surface area contributed by atoms with E-state index >= 15 is 8.78 Å². The fourth-order valence-electron chi connectivity index (χ4n) is 7.55. The average Bonchev–Trinajstić information content (AvgIpc) is 3.44. The van der Waals surface area contributed by atoms with Crippen LogP contribution in [0.1, 0.15) is 76.8 Å². The van der Waals surface area contributed by atoms with Crippen LogP contribution in [0.4, 0.5) is 13.6 Å². The van der Waals surface area contributed by atoms with Crippen molar-refractivity contribution in [3.63, 3.8) is 0 Å². The van der Waals surface area contributed by atoms with Gasteiger partial charge < -0.3 is 29.6 Å². The number of fused-ring (bicyclic) bond motifs is 1. The number of methoxy groups -OCH3 is 1. The smallest absolute Gasteiger partial charge is 0.408 e. The summed E-state index contributed by atoms with van der Waals surface area (Å²) < 4.78 is 43.5. The minimum absolute atomic E-state index is 0.117. The van der Waals surface area contributed by atoms with Gasteiger partial charge in [-0.25, -0.2) is 18.6 Å². The number of aromatic nitrogens is 2. The first-order valence-electron chi connectivity index (χ1n) is 18.8. The number of rotatable bonds is 13. The SMILES string of the molecule is CCn1c(-c2cccnc2[C@H](C)OC)c(CC(F)(F)CO)c2cc(C3=CCCN(C[C@H](NC(=O)OC(C)(C)C)C(=O)N4CCC[C@@H](C(=O)O)N4C)C3)ccc21. The Morgan fingerprint density at radius 1 is 1.15 bits per heavy atom. The third-order valence-corrected chi connectivity index (χ3v) is 10.2. The van der Waals surface area contributed by atoms with E-state index in [2.05, 4.69) is 16.4 Å². The topological polar surface area (TPSA) is 150 Å². The molecule has 3 aromatic rings. The number of aryl methyl sites for hydroxylation is 1. The second-order valence-corrected chi connectivity index (χ2v) is 15.3. The molecular formula is C40H54F2N6O7. The summed E-state index contributed by atoms with van der Waals surface area (Å²) in [4.78, 5) is 45.6. The van der Waals surface area contributed by atoms with Crippen LogP contribution >= 0.6 is 0 Å². The van der Waals surface area contributed by atoms with Gasteiger partial charge in [-0.05, 0) is 94.8 Å². The van der Waals surface area contributed by atoms with Gasteiger partial charge in [0.2, 0.25) is 0 Å². The minimum atomic E-state index is -3.39. The number of likely N-dealkylation sites (N-methyl/N-ethyl adjacent to an activating group) is 1. The highest BCUT2D eigenvalue weighted by Gasteiger charge is 2.39. The van der Waals surface area contributed by atoms with Crippen molar-refractivity contribution in [3.05, 3.63) is 59.4 Å². The Labute approximate surface area is 320 Å². The van der Waals surface area contributed by atoms with E-state index in [-0.39, 0.29) is 6.54 Å². The summed E-state index contributed by atoms with van der Waals surface area (Å²) in [5.41, 5.74) is 3.94. The van der Waals surface area contributed by atoms with Crippen molar-refractivity contribution in [2.75, 3.05) is 46.9 Å².